The Morgan fingerprint density at radius 1 is 0.596 bits per heavy atom. The summed E-state index contributed by atoms with van der Waals surface area (Å²) in [5.74, 6) is 3.26. The number of pyridine rings is 2. The van der Waals surface area contributed by atoms with Gasteiger partial charge in [-0.2, -0.15) is 9.97 Å². The number of nitrogens with two attached hydrogens (primary N) is 1. The molecule has 4 aromatic heterocycles. The Morgan fingerprint density at radius 2 is 0.979 bits per heavy atom. The molecule has 0 amide bonds. The van der Waals surface area contributed by atoms with E-state index in [9.17, 15) is 10.1 Å². The van der Waals surface area contributed by atoms with Crippen LogP contribution in [0.25, 0.3) is 21.8 Å². The minimum Gasteiger partial charge on any atom is -0.493 e. The molecule has 0 bridgehead atoms. The van der Waals surface area contributed by atoms with Crippen LogP contribution in [-0.4, -0.2) is 63.3 Å². The molecule has 47 heavy (non-hydrogen) atoms. The standard InChI is InChI=1S/C15H12N4O5.C15H14N4O3.Fe/c1-22-13-5-10-11(6-14(13)23-2)16-4-3-12(10)24-15-17-7-9(8-18-15)19(20)21;1-20-13-5-10-11(6-14(13)21-2)17-4-3-12(10)22-15-18-7-9(16)8-19-15;/h3-8H,1-2H3;3-8H,16H2,1-2H3;. The fourth-order valence-electron chi connectivity index (χ4n) is 4.10. The van der Waals surface area contributed by atoms with Crippen molar-refractivity contribution in [1.82, 2.24) is 29.9 Å². The van der Waals surface area contributed by atoms with Gasteiger partial charge in [0.25, 0.3) is 0 Å². The van der Waals surface area contributed by atoms with E-state index in [0.29, 0.717) is 56.6 Å². The Balaban J connectivity index is 0.000000209. The maximum Gasteiger partial charge on any atom is 0.322 e. The number of fused-ring (bicyclic) bond motifs is 2. The number of benzene rings is 2. The maximum atomic E-state index is 10.6. The molecule has 242 valence electrons. The summed E-state index contributed by atoms with van der Waals surface area (Å²) in [5.41, 5.74) is 7.16. The number of hydrogen-bond donors (Lipinski definition) is 1. The molecule has 6 rings (SSSR count). The average Bonchev–Trinajstić information content (AvgIpc) is 3.08. The summed E-state index contributed by atoms with van der Waals surface area (Å²) in [6.45, 7) is 0. The molecule has 0 radical (unpaired) electrons. The molecule has 2 aromatic carbocycles. The van der Waals surface area contributed by atoms with Gasteiger partial charge < -0.3 is 34.2 Å². The Morgan fingerprint density at radius 3 is 1.36 bits per heavy atom. The van der Waals surface area contributed by atoms with Crippen LogP contribution in [0.15, 0.2) is 73.6 Å². The summed E-state index contributed by atoms with van der Waals surface area (Å²) in [7, 11) is 6.21. The van der Waals surface area contributed by atoms with Gasteiger partial charge in [-0.25, -0.2) is 9.97 Å². The van der Waals surface area contributed by atoms with E-state index >= 15 is 0 Å². The molecule has 16 nitrogen and oxygen atoms in total. The molecule has 0 aliphatic carbocycles. The van der Waals surface area contributed by atoms with Crippen LogP contribution in [0.4, 0.5) is 11.4 Å². The molecular weight excluding hydrogens is 656 g/mol. The number of ether oxygens (including phenoxy) is 6. The molecule has 0 saturated heterocycles. The summed E-state index contributed by atoms with van der Waals surface area (Å²) in [6.07, 6.45) is 8.32. The Hall–Kier alpha value is -6.06. The first kappa shape index (κ1) is 33.8. The van der Waals surface area contributed by atoms with Gasteiger partial charge in [0.15, 0.2) is 23.0 Å². The van der Waals surface area contributed by atoms with Crippen LogP contribution >= 0.6 is 0 Å². The first-order chi connectivity index (χ1) is 22.3. The van der Waals surface area contributed by atoms with E-state index in [4.69, 9.17) is 34.2 Å². The van der Waals surface area contributed by atoms with E-state index in [2.05, 4.69) is 29.9 Å². The fraction of sp³-hybridized carbons (Fsp3) is 0.133. The van der Waals surface area contributed by atoms with Gasteiger partial charge in [-0.1, -0.05) is 0 Å². The number of anilines is 1. The Bertz CT molecular complexity index is 2000. The number of nitrogen functional groups attached to an aromatic ring is 1. The third kappa shape index (κ3) is 7.78. The fourth-order valence-corrected chi connectivity index (χ4v) is 4.10. The van der Waals surface area contributed by atoms with Gasteiger partial charge in [-0.15, -0.1) is 0 Å². The van der Waals surface area contributed by atoms with Crippen LogP contribution in [0.1, 0.15) is 0 Å². The van der Waals surface area contributed by atoms with Crippen LogP contribution in [0.5, 0.6) is 46.5 Å². The molecule has 0 spiro atoms. The molecule has 17 heteroatoms. The van der Waals surface area contributed by atoms with Crippen molar-refractivity contribution in [3.05, 3.63) is 83.7 Å². The number of aromatic nitrogens is 6. The molecule has 2 N–H and O–H groups in total. The average molecular weight is 682 g/mol. The van der Waals surface area contributed by atoms with Crippen molar-refractivity contribution in [2.45, 2.75) is 0 Å². The van der Waals surface area contributed by atoms with E-state index in [1.54, 1.807) is 63.0 Å². The van der Waals surface area contributed by atoms with Gasteiger partial charge in [0.1, 0.15) is 23.9 Å². The summed E-state index contributed by atoms with van der Waals surface area (Å²) < 4.78 is 32.4. The second-order valence-corrected chi connectivity index (χ2v) is 9.05. The molecule has 0 atom stereocenters. The SMILES string of the molecule is COc1cc2nccc(Oc3ncc(N)cn3)c2cc1OC.COc1cc2nccc(Oc3ncc([N+](=O)[O-])cn3)c2cc1OC.[Fe]. The number of methoxy groups -OCH3 is 4. The molecule has 0 fully saturated rings. The molecule has 6 aromatic rings. The number of hydrogen-bond acceptors (Lipinski definition) is 15. The van der Waals surface area contributed by atoms with Gasteiger partial charge >= 0.3 is 17.7 Å². The molecule has 0 saturated carbocycles. The quantitative estimate of drug-likeness (QED) is 0.119. The smallest absolute Gasteiger partial charge is 0.322 e. The number of nitro groups is 1. The predicted molar refractivity (Wildman–Crippen MR) is 165 cm³/mol. The second kappa shape index (κ2) is 15.3. The van der Waals surface area contributed by atoms with Gasteiger partial charge in [0.05, 0.1) is 62.5 Å². The topological polar surface area (TPSA) is 202 Å². The van der Waals surface area contributed by atoms with Gasteiger partial charge in [0, 0.05) is 52.4 Å². The molecule has 4 heterocycles. The van der Waals surface area contributed by atoms with Crippen LogP contribution in [0, 0.1) is 10.1 Å². The van der Waals surface area contributed by atoms with Gasteiger partial charge in [-0.3, -0.25) is 20.1 Å². The van der Waals surface area contributed by atoms with E-state index in [1.807, 2.05) is 0 Å². The van der Waals surface area contributed by atoms with Crippen molar-refractivity contribution in [2.24, 2.45) is 0 Å². The number of rotatable bonds is 9. The predicted octanol–water partition coefficient (Wildman–Crippen LogP) is 5.16. The van der Waals surface area contributed by atoms with Crippen LogP contribution in [0.2, 0.25) is 0 Å². The van der Waals surface area contributed by atoms with Crippen LogP contribution < -0.4 is 34.2 Å². The molecular formula is C30H26FeN8O8. The van der Waals surface area contributed by atoms with Crippen molar-refractivity contribution in [3.8, 4) is 46.5 Å². The largest absolute Gasteiger partial charge is 0.493 e. The normalized spacial score (nSPS) is 10.2. The van der Waals surface area contributed by atoms with E-state index < -0.39 is 4.92 Å². The van der Waals surface area contributed by atoms with Crippen LogP contribution in [0.3, 0.4) is 0 Å². The molecule has 0 aliphatic heterocycles. The van der Waals surface area contributed by atoms with Crippen molar-refractivity contribution in [1.29, 1.82) is 0 Å². The molecule has 0 aliphatic rings. The van der Waals surface area contributed by atoms with Crippen molar-refractivity contribution < 1.29 is 50.4 Å². The Labute approximate surface area is 277 Å². The Kier molecular flexibility index (Phi) is 11.0. The second-order valence-electron chi connectivity index (χ2n) is 9.05. The summed E-state index contributed by atoms with van der Waals surface area (Å²) >= 11 is 0. The van der Waals surface area contributed by atoms with Crippen molar-refractivity contribution >= 4 is 33.2 Å². The minimum absolute atomic E-state index is 0. The zero-order chi connectivity index (χ0) is 32.6. The summed E-state index contributed by atoms with van der Waals surface area (Å²) in [6, 6.07) is 10.6. The van der Waals surface area contributed by atoms with Gasteiger partial charge in [-0.05, 0) is 24.3 Å². The van der Waals surface area contributed by atoms with Crippen molar-refractivity contribution in [3.63, 3.8) is 0 Å². The first-order valence-corrected chi connectivity index (χ1v) is 13.2. The van der Waals surface area contributed by atoms with E-state index in [1.165, 1.54) is 26.6 Å². The maximum absolute atomic E-state index is 10.6. The first-order valence-electron chi connectivity index (χ1n) is 13.2. The van der Waals surface area contributed by atoms with E-state index in [-0.39, 0.29) is 34.8 Å². The number of nitrogens with zero attached hydrogens (tertiary/aromatic N) is 7. The summed E-state index contributed by atoms with van der Waals surface area (Å²) in [5, 5.41) is 12.1. The van der Waals surface area contributed by atoms with Crippen molar-refractivity contribution in [2.75, 3.05) is 34.2 Å². The van der Waals surface area contributed by atoms with Gasteiger partial charge in [0.2, 0.25) is 0 Å². The zero-order valence-corrected chi connectivity index (χ0v) is 26.4. The minimum atomic E-state index is -0.581. The zero-order valence-electron chi connectivity index (χ0n) is 25.3. The van der Waals surface area contributed by atoms with Crippen LogP contribution in [-0.2, 0) is 17.1 Å². The van der Waals surface area contributed by atoms with E-state index in [0.717, 1.165) is 17.8 Å². The third-order valence-electron chi connectivity index (χ3n) is 6.29. The molecule has 0 unspecified atom stereocenters. The third-order valence-corrected chi connectivity index (χ3v) is 6.29. The monoisotopic (exact) mass is 682 g/mol. The summed E-state index contributed by atoms with van der Waals surface area (Å²) in [4.78, 5) is 34.3.